The van der Waals surface area contributed by atoms with E-state index >= 15 is 0 Å². The molecular formula is C17H34N2O2. The van der Waals surface area contributed by atoms with Crippen LogP contribution in [0.25, 0.3) is 0 Å². The van der Waals surface area contributed by atoms with Crippen LogP contribution in [0.2, 0.25) is 0 Å². The molecule has 0 aliphatic carbocycles. The molecule has 0 radical (unpaired) electrons. The summed E-state index contributed by atoms with van der Waals surface area (Å²) in [5, 5.41) is 3.41. The number of carbonyl (C=O) groups is 1. The summed E-state index contributed by atoms with van der Waals surface area (Å²) < 4.78 is 5.29. The van der Waals surface area contributed by atoms with Crippen molar-refractivity contribution in [2.24, 2.45) is 5.92 Å². The van der Waals surface area contributed by atoms with Gasteiger partial charge in [-0.2, -0.15) is 0 Å². The molecule has 0 spiro atoms. The van der Waals surface area contributed by atoms with E-state index < -0.39 is 5.54 Å². The van der Waals surface area contributed by atoms with Crippen LogP contribution in [-0.4, -0.2) is 48.7 Å². The van der Waals surface area contributed by atoms with Crippen molar-refractivity contribution in [1.82, 2.24) is 10.2 Å². The fourth-order valence-electron chi connectivity index (χ4n) is 3.11. The van der Waals surface area contributed by atoms with Gasteiger partial charge in [0.2, 0.25) is 0 Å². The number of esters is 1. The van der Waals surface area contributed by atoms with Crippen LogP contribution in [0.4, 0.5) is 0 Å². The average Bonchev–Trinajstić information content (AvgIpc) is 2.46. The summed E-state index contributed by atoms with van der Waals surface area (Å²) in [5.74, 6) is 0.721. The fraction of sp³-hybridized carbons (Fsp3) is 0.941. The molecule has 0 saturated carbocycles. The molecule has 1 saturated heterocycles. The van der Waals surface area contributed by atoms with Crippen LogP contribution in [0.5, 0.6) is 0 Å². The predicted molar refractivity (Wildman–Crippen MR) is 87.4 cm³/mol. The summed E-state index contributed by atoms with van der Waals surface area (Å²) in [6.07, 6.45) is 4.36. The Labute approximate surface area is 130 Å². The highest BCUT2D eigenvalue weighted by molar-refractivity contribution is 5.80. The van der Waals surface area contributed by atoms with E-state index in [4.69, 9.17) is 4.74 Å². The number of piperidine rings is 1. The Hall–Kier alpha value is -0.610. The van der Waals surface area contributed by atoms with E-state index in [0.29, 0.717) is 12.6 Å². The van der Waals surface area contributed by atoms with Gasteiger partial charge in [-0.1, -0.05) is 13.8 Å². The minimum atomic E-state index is -0.575. The predicted octanol–water partition coefficient (Wildman–Crippen LogP) is 2.82. The van der Waals surface area contributed by atoms with Crippen molar-refractivity contribution in [2.75, 3.05) is 26.2 Å². The van der Waals surface area contributed by atoms with E-state index in [2.05, 4.69) is 31.0 Å². The zero-order valence-electron chi connectivity index (χ0n) is 14.6. The minimum absolute atomic E-state index is 0.115. The van der Waals surface area contributed by atoms with Gasteiger partial charge < -0.3 is 15.0 Å². The van der Waals surface area contributed by atoms with Gasteiger partial charge in [0.05, 0.1) is 6.61 Å². The van der Waals surface area contributed by atoms with Crippen molar-refractivity contribution in [3.63, 3.8) is 0 Å². The van der Waals surface area contributed by atoms with Crippen LogP contribution in [-0.2, 0) is 9.53 Å². The average molecular weight is 298 g/mol. The highest BCUT2D eigenvalue weighted by Gasteiger charge is 2.37. The largest absolute Gasteiger partial charge is 0.465 e. The highest BCUT2D eigenvalue weighted by Crippen LogP contribution is 2.23. The Bertz CT molecular complexity index is 314. The van der Waals surface area contributed by atoms with E-state index in [1.807, 2.05) is 13.8 Å². The van der Waals surface area contributed by atoms with E-state index in [1.54, 1.807) is 0 Å². The lowest BCUT2D eigenvalue weighted by Crippen LogP contribution is -2.55. The summed E-state index contributed by atoms with van der Waals surface area (Å²) in [6, 6.07) is 0.399. The van der Waals surface area contributed by atoms with Gasteiger partial charge in [-0.05, 0) is 72.0 Å². The van der Waals surface area contributed by atoms with Crippen molar-refractivity contribution in [2.45, 2.75) is 71.9 Å². The molecule has 1 aliphatic heterocycles. The van der Waals surface area contributed by atoms with Crippen molar-refractivity contribution in [1.29, 1.82) is 0 Å². The summed E-state index contributed by atoms with van der Waals surface area (Å²) >= 11 is 0. The Morgan fingerprint density at radius 2 is 2.00 bits per heavy atom. The molecule has 2 unspecified atom stereocenters. The van der Waals surface area contributed by atoms with Gasteiger partial charge in [0.15, 0.2) is 0 Å². The number of carbonyl (C=O) groups excluding carboxylic acids is 1. The number of nitrogens with one attached hydrogen (secondary N) is 1. The van der Waals surface area contributed by atoms with Crippen molar-refractivity contribution >= 4 is 5.97 Å². The first kappa shape index (κ1) is 18.4. The molecule has 1 rings (SSSR count). The summed E-state index contributed by atoms with van der Waals surface area (Å²) in [5.41, 5.74) is -0.575. The summed E-state index contributed by atoms with van der Waals surface area (Å²) in [4.78, 5) is 14.9. The number of ether oxygens (including phenoxy) is 1. The minimum Gasteiger partial charge on any atom is -0.465 e. The van der Waals surface area contributed by atoms with Gasteiger partial charge in [-0.3, -0.25) is 4.79 Å². The Morgan fingerprint density at radius 3 is 2.52 bits per heavy atom. The normalized spacial score (nSPS) is 21.8. The van der Waals surface area contributed by atoms with E-state index in [1.165, 1.54) is 12.8 Å². The Kier molecular flexibility index (Phi) is 7.67. The van der Waals surface area contributed by atoms with Crippen LogP contribution in [0, 0.1) is 5.92 Å². The fourth-order valence-corrected chi connectivity index (χ4v) is 3.11. The molecule has 0 aromatic heterocycles. The number of hydrogen-bond acceptors (Lipinski definition) is 4. The maximum atomic E-state index is 12.3. The topological polar surface area (TPSA) is 41.6 Å². The van der Waals surface area contributed by atoms with Gasteiger partial charge in [0, 0.05) is 6.04 Å². The molecule has 4 heteroatoms. The number of hydrogen-bond donors (Lipinski definition) is 1. The Balaban J connectivity index is 2.64. The molecule has 1 fully saturated rings. The molecule has 0 amide bonds. The van der Waals surface area contributed by atoms with Crippen molar-refractivity contribution < 1.29 is 9.53 Å². The summed E-state index contributed by atoms with van der Waals surface area (Å²) in [7, 11) is 0. The van der Waals surface area contributed by atoms with Crippen LogP contribution in [0.15, 0.2) is 0 Å². The van der Waals surface area contributed by atoms with Gasteiger partial charge in [-0.15, -0.1) is 0 Å². The molecule has 1 heterocycles. The number of rotatable bonds is 8. The molecule has 124 valence electrons. The third-order valence-electron chi connectivity index (χ3n) is 4.64. The Morgan fingerprint density at radius 1 is 1.38 bits per heavy atom. The van der Waals surface area contributed by atoms with Crippen LogP contribution < -0.4 is 5.32 Å². The first-order valence-corrected chi connectivity index (χ1v) is 8.59. The summed E-state index contributed by atoms with van der Waals surface area (Å²) in [6.45, 7) is 14.1. The monoisotopic (exact) mass is 298 g/mol. The second-order valence-corrected chi connectivity index (χ2v) is 6.75. The van der Waals surface area contributed by atoms with E-state index in [0.717, 1.165) is 38.4 Å². The molecule has 0 bridgehead atoms. The molecule has 0 aromatic carbocycles. The van der Waals surface area contributed by atoms with Gasteiger partial charge in [0.1, 0.15) is 5.54 Å². The zero-order valence-corrected chi connectivity index (χ0v) is 14.6. The maximum absolute atomic E-state index is 12.3. The second-order valence-electron chi connectivity index (χ2n) is 6.75. The number of likely N-dealkylation sites (tertiary alicyclic amines) is 1. The quantitative estimate of drug-likeness (QED) is 0.700. The van der Waals surface area contributed by atoms with Gasteiger partial charge >= 0.3 is 5.97 Å². The van der Waals surface area contributed by atoms with Gasteiger partial charge in [-0.25, -0.2) is 0 Å². The molecule has 1 N–H and O–H groups in total. The van der Waals surface area contributed by atoms with Gasteiger partial charge in [0.25, 0.3) is 0 Å². The molecule has 1 aliphatic rings. The SMILES string of the molecule is CCCNC(C)(CC(C)N1CCC(C)CC1)C(=O)OCC. The molecule has 4 nitrogen and oxygen atoms in total. The molecule has 0 aromatic rings. The third-order valence-corrected chi connectivity index (χ3v) is 4.64. The standard InChI is InChI=1S/C17H34N2O2/c1-6-10-18-17(5,16(20)21-7-2)13-15(4)19-11-8-14(3)9-12-19/h14-15,18H,6-13H2,1-5H3. The maximum Gasteiger partial charge on any atom is 0.326 e. The van der Waals surface area contributed by atoms with Crippen molar-refractivity contribution in [3.05, 3.63) is 0 Å². The van der Waals surface area contributed by atoms with E-state index in [9.17, 15) is 4.79 Å². The van der Waals surface area contributed by atoms with Crippen LogP contribution >= 0.6 is 0 Å². The third kappa shape index (κ3) is 5.59. The lowest BCUT2D eigenvalue weighted by molar-refractivity contribution is -0.151. The first-order chi connectivity index (χ1) is 9.92. The van der Waals surface area contributed by atoms with Crippen LogP contribution in [0.1, 0.15) is 60.3 Å². The van der Waals surface area contributed by atoms with Crippen LogP contribution in [0.3, 0.4) is 0 Å². The highest BCUT2D eigenvalue weighted by atomic mass is 16.5. The molecule has 21 heavy (non-hydrogen) atoms. The molecular weight excluding hydrogens is 264 g/mol. The second kappa shape index (κ2) is 8.74. The lowest BCUT2D eigenvalue weighted by Gasteiger charge is -2.39. The number of nitrogens with zero attached hydrogens (tertiary/aromatic N) is 1. The first-order valence-electron chi connectivity index (χ1n) is 8.59. The zero-order chi connectivity index (χ0) is 15.9. The van der Waals surface area contributed by atoms with E-state index in [-0.39, 0.29) is 5.97 Å². The van der Waals surface area contributed by atoms with Crippen molar-refractivity contribution in [3.8, 4) is 0 Å². The molecule has 2 atom stereocenters. The smallest absolute Gasteiger partial charge is 0.326 e. The lowest BCUT2D eigenvalue weighted by atomic mass is 9.90.